The molecule has 1 aliphatic heterocycles. The number of rotatable bonds is 10. The van der Waals surface area contributed by atoms with Gasteiger partial charge < -0.3 is 30.7 Å². The van der Waals surface area contributed by atoms with Gasteiger partial charge in [0.25, 0.3) is 0 Å². The van der Waals surface area contributed by atoms with Crippen LogP contribution in [0.15, 0.2) is 54.7 Å². The highest BCUT2D eigenvalue weighted by Crippen LogP contribution is 2.46. The van der Waals surface area contributed by atoms with Gasteiger partial charge >= 0.3 is 0 Å². The molecule has 1 atom stereocenters. The van der Waals surface area contributed by atoms with Crippen molar-refractivity contribution in [1.82, 2.24) is 20.5 Å². The first kappa shape index (κ1) is 28.3. The number of hydrogen-bond donors (Lipinski definition) is 5. The normalized spacial score (nSPS) is 17.4. The highest BCUT2D eigenvalue weighted by atomic mass is 16.3. The molecule has 1 saturated heterocycles. The second kappa shape index (κ2) is 11.7. The van der Waals surface area contributed by atoms with Crippen LogP contribution >= 0.6 is 0 Å². The molecule has 2 heterocycles. The second-order valence-electron chi connectivity index (χ2n) is 12.2. The van der Waals surface area contributed by atoms with E-state index in [4.69, 9.17) is 0 Å². The van der Waals surface area contributed by atoms with E-state index in [0.717, 1.165) is 42.1 Å². The van der Waals surface area contributed by atoms with E-state index in [1.165, 1.54) is 11.1 Å². The van der Waals surface area contributed by atoms with Crippen LogP contribution in [0.25, 0.3) is 10.9 Å². The van der Waals surface area contributed by atoms with Gasteiger partial charge in [-0.15, -0.1) is 0 Å². The van der Waals surface area contributed by atoms with Gasteiger partial charge in [-0.25, -0.2) is 0 Å². The monoisotopic (exact) mass is 546 g/mol. The second-order valence-corrected chi connectivity index (χ2v) is 12.2. The molecule has 1 spiro atoms. The zero-order valence-corrected chi connectivity index (χ0v) is 23.6. The molecule has 8 heteroatoms. The number of carbonyl (C=O) groups excluding carboxylic acids is 2. The Hall–Kier alpha value is -3.20. The minimum Gasteiger partial charge on any atom is -0.395 e. The highest BCUT2D eigenvalue weighted by Gasteiger charge is 2.42. The van der Waals surface area contributed by atoms with E-state index in [2.05, 4.69) is 39.9 Å². The number of piperidine rings is 1. The van der Waals surface area contributed by atoms with E-state index in [0.29, 0.717) is 19.5 Å². The van der Waals surface area contributed by atoms with Crippen LogP contribution in [0.5, 0.6) is 0 Å². The van der Waals surface area contributed by atoms with Crippen LogP contribution in [-0.4, -0.2) is 75.8 Å². The lowest BCUT2D eigenvalue weighted by atomic mass is 9.74. The third kappa shape index (κ3) is 5.94. The van der Waals surface area contributed by atoms with Gasteiger partial charge in [-0.3, -0.25) is 9.59 Å². The van der Waals surface area contributed by atoms with Gasteiger partial charge in [0.05, 0.1) is 19.3 Å². The molecule has 1 fully saturated rings. The Morgan fingerprint density at radius 2 is 1.73 bits per heavy atom. The number of H-pyrrole nitrogens is 1. The van der Waals surface area contributed by atoms with E-state index in [-0.39, 0.29) is 36.9 Å². The van der Waals surface area contributed by atoms with Crippen LogP contribution in [0.2, 0.25) is 0 Å². The van der Waals surface area contributed by atoms with Crippen molar-refractivity contribution >= 4 is 22.7 Å². The van der Waals surface area contributed by atoms with Crippen LogP contribution in [-0.2, 0) is 27.8 Å². The molecule has 0 bridgehead atoms. The summed E-state index contributed by atoms with van der Waals surface area (Å²) in [5, 5.41) is 26.2. The van der Waals surface area contributed by atoms with Crippen molar-refractivity contribution in [1.29, 1.82) is 0 Å². The van der Waals surface area contributed by atoms with Crippen molar-refractivity contribution in [3.05, 3.63) is 71.4 Å². The number of nitrogens with one attached hydrogen (secondary N) is 3. The third-order valence-electron chi connectivity index (χ3n) is 8.86. The summed E-state index contributed by atoms with van der Waals surface area (Å²) in [6.07, 6.45) is 6.52. The van der Waals surface area contributed by atoms with E-state index < -0.39 is 17.6 Å². The number of likely N-dealkylation sites (tertiary alicyclic amines) is 1. The summed E-state index contributed by atoms with van der Waals surface area (Å²) >= 11 is 0. The van der Waals surface area contributed by atoms with Crippen LogP contribution < -0.4 is 10.6 Å². The molecule has 0 radical (unpaired) electrons. The van der Waals surface area contributed by atoms with E-state index >= 15 is 0 Å². The number of aromatic nitrogens is 1. The van der Waals surface area contributed by atoms with Gasteiger partial charge in [0, 0.05) is 48.6 Å². The van der Waals surface area contributed by atoms with Crippen LogP contribution in [0.3, 0.4) is 0 Å². The number of nitrogens with zero attached hydrogens (tertiary/aromatic N) is 1. The molecule has 0 saturated carbocycles. The molecular formula is C32H42N4O4. The lowest BCUT2D eigenvalue weighted by Gasteiger charge is -2.41. The molecule has 40 heavy (non-hydrogen) atoms. The maximum atomic E-state index is 14.0. The molecule has 1 aliphatic carbocycles. The fourth-order valence-corrected chi connectivity index (χ4v) is 6.78. The summed E-state index contributed by atoms with van der Waals surface area (Å²) in [6, 6.07) is 15.5. The smallest absolute Gasteiger partial charge is 0.245 e. The largest absolute Gasteiger partial charge is 0.395 e. The van der Waals surface area contributed by atoms with Crippen molar-refractivity contribution in [2.24, 2.45) is 0 Å². The first-order chi connectivity index (χ1) is 19.2. The van der Waals surface area contributed by atoms with Gasteiger partial charge in [-0.1, -0.05) is 42.5 Å². The molecule has 2 aliphatic rings. The molecule has 1 aromatic heterocycles. The lowest BCUT2D eigenvalue weighted by molar-refractivity contribution is -0.138. The highest BCUT2D eigenvalue weighted by molar-refractivity contribution is 5.90. The van der Waals surface area contributed by atoms with Crippen molar-refractivity contribution in [2.75, 3.05) is 26.3 Å². The average molecular weight is 547 g/mol. The molecule has 2 aromatic carbocycles. The molecule has 0 unspecified atom stereocenters. The van der Waals surface area contributed by atoms with Crippen molar-refractivity contribution in [3.63, 3.8) is 0 Å². The topological polar surface area (TPSA) is 118 Å². The van der Waals surface area contributed by atoms with Crippen molar-refractivity contribution < 1.29 is 19.8 Å². The number of aliphatic hydroxyl groups is 2. The first-order valence-corrected chi connectivity index (χ1v) is 14.4. The standard InChI is InChI=1S/C32H42N4O4/c1-31(2,35-24(20-37)21-38)18-29(39)34-28(17-23-19-33-27-10-6-4-8-25(23)27)30(40)36-15-13-32(14-16-36)12-11-22-7-3-5-9-26(22)32/h3-10,19,24,28,33,35,37-38H,11-18,20-21H2,1-2H3,(H,34,39)/t28-/m1/s1. The predicted octanol–water partition coefficient (Wildman–Crippen LogP) is 2.81. The number of benzene rings is 2. The van der Waals surface area contributed by atoms with E-state index in [1.54, 1.807) is 0 Å². The molecule has 5 rings (SSSR count). The minimum atomic E-state index is -0.695. The SMILES string of the molecule is CC(C)(CC(=O)N[C@H](Cc1c[nH]c2ccccc12)C(=O)N1CCC2(CCc3ccccc32)CC1)NC(CO)CO. The Balaban J connectivity index is 1.31. The Morgan fingerprint density at radius 3 is 2.48 bits per heavy atom. The Bertz CT molecular complexity index is 1340. The maximum absolute atomic E-state index is 14.0. The molecule has 214 valence electrons. The predicted molar refractivity (Wildman–Crippen MR) is 156 cm³/mol. The zero-order valence-electron chi connectivity index (χ0n) is 23.6. The number of para-hydroxylation sites is 1. The van der Waals surface area contributed by atoms with Gasteiger partial charge in [0.2, 0.25) is 11.8 Å². The quantitative estimate of drug-likeness (QED) is 0.268. The number of amides is 2. The molecule has 5 N–H and O–H groups in total. The van der Waals surface area contributed by atoms with Gasteiger partial charge in [-0.2, -0.15) is 0 Å². The van der Waals surface area contributed by atoms with Crippen LogP contribution in [0.1, 0.15) is 56.2 Å². The zero-order chi connectivity index (χ0) is 28.3. The Labute approximate surface area is 236 Å². The number of fused-ring (bicyclic) bond motifs is 3. The molecule has 2 amide bonds. The summed E-state index contributed by atoms with van der Waals surface area (Å²) < 4.78 is 0. The van der Waals surface area contributed by atoms with Gasteiger partial charge in [0.15, 0.2) is 0 Å². The molecule has 3 aromatic rings. The number of aliphatic hydroxyl groups excluding tert-OH is 2. The number of aryl methyl sites for hydroxylation is 1. The molecular weight excluding hydrogens is 504 g/mol. The third-order valence-corrected chi connectivity index (χ3v) is 8.86. The average Bonchev–Trinajstić information content (AvgIpc) is 3.53. The van der Waals surface area contributed by atoms with Gasteiger partial charge in [0.1, 0.15) is 6.04 Å². The lowest BCUT2D eigenvalue weighted by Crippen LogP contribution is -2.55. The number of hydrogen-bond acceptors (Lipinski definition) is 5. The molecule has 8 nitrogen and oxygen atoms in total. The minimum absolute atomic E-state index is 0.0471. The summed E-state index contributed by atoms with van der Waals surface area (Å²) in [6.45, 7) is 4.59. The van der Waals surface area contributed by atoms with Gasteiger partial charge in [-0.05, 0) is 67.7 Å². The number of carbonyl (C=O) groups is 2. The summed E-state index contributed by atoms with van der Waals surface area (Å²) in [7, 11) is 0. The Morgan fingerprint density at radius 1 is 1.02 bits per heavy atom. The fourth-order valence-electron chi connectivity index (χ4n) is 6.78. The van der Waals surface area contributed by atoms with Crippen LogP contribution in [0.4, 0.5) is 0 Å². The van der Waals surface area contributed by atoms with Crippen LogP contribution in [0, 0.1) is 0 Å². The first-order valence-electron chi connectivity index (χ1n) is 14.4. The van der Waals surface area contributed by atoms with Crippen molar-refractivity contribution in [2.45, 2.75) is 75.4 Å². The van der Waals surface area contributed by atoms with E-state index in [9.17, 15) is 19.8 Å². The summed E-state index contributed by atoms with van der Waals surface area (Å²) in [5.41, 5.74) is 4.35. The van der Waals surface area contributed by atoms with E-state index in [1.807, 2.05) is 49.2 Å². The maximum Gasteiger partial charge on any atom is 0.245 e. The fraction of sp³-hybridized carbons (Fsp3) is 0.500. The number of aromatic amines is 1. The summed E-state index contributed by atoms with van der Waals surface area (Å²) in [4.78, 5) is 32.5. The van der Waals surface area contributed by atoms with Crippen molar-refractivity contribution in [3.8, 4) is 0 Å². The summed E-state index contributed by atoms with van der Waals surface area (Å²) in [5.74, 6) is -0.294. The Kier molecular flexibility index (Phi) is 8.31.